The molecule has 2 aromatic heterocycles. The van der Waals surface area contributed by atoms with Gasteiger partial charge in [0.05, 0.1) is 17.5 Å². The van der Waals surface area contributed by atoms with E-state index >= 15 is 0 Å². The van der Waals surface area contributed by atoms with Crippen LogP contribution in [0.25, 0.3) is 10.6 Å². The smallest absolute Gasteiger partial charge is 0.306 e. The third kappa shape index (κ3) is 4.41. The normalized spacial score (nSPS) is 11.8. The fourth-order valence-electron chi connectivity index (χ4n) is 2.64. The van der Waals surface area contributed by atoms with E-state index in [9.17, 15) is 18.0 Å². The van der Waals surface area contributed by atoms with E-state index in [-0.39, 0.29) is 5.91 Å². The first-order chi connectivity index (χ1) is 13.1. The maximum absolute atomic E-state index is 12.7. The molecule has 0 unspecified atom stereocenters. The molecule has 2 heterocycles. The molecule has 0 radical (unpaired) electrons. The van der Waals surface area contributed by atoms with Crippen LogP contribution in [0, 0.1) is 12.8 Å². The van der Waals surface area contributed by atoms with Crippen LogP contribution in [0.4, 0.5) is 19.0 Å². The molecule has 1 amide bonds. The lowest BCUT2D eigenvalue weighted by atomic mass is 10.1. The van der Waals surface area contributed by atoms with Gasteiger partial charge in [-0.2, -0.15) is 18.3 Å². The van der Waals surface area contributed by atoms with Gasteiger partial charge in [-0.1, -0.05) is 26.0 Å². The van der Waals surface area contributed by atoms with Crippen LogP contribution in [0.5, 0.6) is 0 Å². The Morgan fingerprint density at radius 1 is 1.21 bits per heavy atom. The molecule has 0 bridgehead atoms. The zero-order valence-electron chi connectivity index (χ0n) is 15.5. The number of benzene rings is 1. The molecule has 1 aromatic carbocycles. The van der Waals surface area contributed by atoms with E-state index in [0.29, 0.717) is 39.4 Å². The average molecular weight is 408 g/mol. The van der Waals surface area contributed by atoms with E-state index < -0.39 is 11.7 Å². The van der Waals surface area contributed by atoms with E-state index in [1.54, 1.807) is 23.9 Å². The number of nitrogens with one attached hydrogen (secondary N) is 1. The molecule has 0 aliphatic rings. The topological polar surface area (TPSA) is 59.8 Å². The number of carbonyl (C=O) groups excluding carboxylic acids is 1. The van der Waals surface area contributed by atoms with E-state index in [2.05, 4.69) is 29.2 Å². The number of halogens is 3. The Labute approximate surface area is 164 Å². The minimum absolute atomic E-state index is 0.321. The Bertz CT molecular complexity index is 974. The number of carbonyl (C=O) groups is 1. The molecule has 0 fully saturated rings. The molecule has 3 aromatic rings. The summed E-state index contributed by atoms with van der Waals surface area (Å²) in [6, 6.07) is 6.46. The van der Waals surface area contributed by atoms with Gasteiger partial charge in [0.2, 0.25) is 0 Å². The summed E-state index contributed by atoms with van der Waals surface area (Å²) in [6.07, 6.45) is -2.77. The summed E-state index contributed by atoms with van der Waals surface area (Å²) < 4.78 is 39.9. The van der Waals surface area contributed by atoms with Crippen LogP contribution in [0.3, 0.4) is 0 Å². The second kappa shape index (κ2) is 7.75. The highest BCUT2D eigenvalue weighted by molar-refractivity contribution is 7.17. The summed E-state index contributed by atoms with van der Waals surface area (Å²) >= 11 is 1.14. The summed E-state index contributed by atoms with van der Waals surface area (Å²) in [5.41, 5.74) is 0.332. The van der Waals surface area contributed by atoms with Crippen molar-refractivity contribution < 1.29 is 18.0 Å². The monoisotopic (exact) mass is 408 g/mol. The molecule has 3 rings (SSSR count). The predicted octanol–water partition coefficient (Wildman–Crippen LogP) is 5.24. The molecule has 0 saturated carbocycles. The first-order valence-corrected chi connectivity index (χ1v) is 9.45. The molecule has 9 heteroatoms. The van der Waals surface area contributed by atoms with Crippen molar-refractivity contribution in [3.8, 4) is 10.6 Å². The maximum atomic E-state index is 12.7. The van der Waals surface area contributed by atoms with Crippen LogP contribution in [-0.4, -0.2) is 20.7 Å². The minimum atomic E-state index is -4.39. The second-order valence-electron chi connectivity index (χ2n) is 6.76. The van der Waals surface area contributed by atoms with E-state index in [0.717, 1.165) is 23.5 Å². The van der Waals surface area contributed by atoms with Crippen LogP contribution >= 0.6 is 11.3 Å². The number of hydrogen-bond acceptors (Lipinski definition) is 4. The van der Waals surface area contributed by atoms with Gasteiger partial charge in [-0.15, -0.1) is 11.3 Å². The minimum Gasteiger partial charge on any atom is -0.306 e. The zero-order chi connectivity index (χ0) is 20.5. The first kappa shape index (κ1) is 20.1. The van der Waals surface area contributed by atoms with Crippen molar-refractivity contribution in [1.82, 2.24) is 14.8 Å². The van der Waals surface area contributed by atoms with Crippen LogP contribution in [0.2, 0.25) is 0 Å². The number of thiazole rings is 1. The summed E-state index contributed by atoms with van der Waals surface area (Å²) in [5, 5.41) is 7.53. The Balaban J connectivity index is 1.80. The van der Waals surface area contributed by atoms with Crippen LogP contribution in [0.15, 0.2) is 36.5 Å². The van der Waals surface area contributed by atoms with Gasteiger partial charge in [0.1, 0.15) is 15.7 Å². The molecule has 0 saturated heterocycles. The first-order valence-electron chi connectivity index (χ1n) is 8.63. The lowest BCUT2D eigenvalue weighted by molar-refractivity contribution is -0.137. The Kier molecular flexibility index (Phi) is 5.55. The van der Waals surface area contributed by atoms with Gasteiger partial charge >= 0.3 is 6.18 Å². The van der Waals surface area contributed by atoms with Crippen molar-refractivity contribution in [2.24, 2.45) is 5.92 Å². The summed E-state index contributed by atoms with van der Waals surface area (Å²) in [4.78, 5) is 17.4. The zero-order valence-corrected chi connectivity index (χ0v) is 16.4. The van der Waals surface area contributed by atoms with E-state index in [1.165, 1.54) is 12.1 Å². The van der Waals surface area contributed by atoms with Crippen LogP contribution in [0.1, 0.15) is 34.8 Å². The number of hydrogen-bond donors (Lipinski definition) is 1. The lowest BCUT2D eigenvalue weighted by Crippen LogP contribution is -2.17. The standard InChI is InChI=1S/C19H19F3N4OS/c1-11(2)10-26-15(8-9-23-26)25-17(27)16-12(3)24-18(28-16)13-4-6-14(7-5-13)19(20,21)22/h4-9,11H,10H2,1-3H3,(H,25,27). The highest BCUT2D eigenvalue weighted by atomic mass is 32.1. The van der Waals surface area contributed by atoms with Gasteiger partial charge in [0, 0.05) is 18.2 Å². The van der Waals surface area contributed by atoms with Crippen molar-refractivity contribution >= 4 is 23.1 Å². The summed E-state index contributed by atoms with van der Waals surface area (Å²) in [5.74, 6) is 0.633. The molecule has 0 atom stereocenters. The maximum Gasteiger partial charge on any atom is 0.416 e. The summed E-state index contributed by atoms with van der Waals surface area (Å²) in [7, 11) is 0. The predicted molar refractivity (Wildman–Crippen MR) is 102 cm³/mol. The molecule has 0 aliphatic heterocycles. The van der Waals surface area contributed by atoms with Crippen LogP contribution < -0.4 is 5.32 Å². The fourth-order valence-corrected chi connectivity index (χ4v) is 3.60. The van der Waals surface area contributed by atoms with Crippen LogP contribution in [-0.2, 0) is 12.7 Å². The molecule has 5 nitrogen and oxygen atoms in total. The van der Waals surface area contributed by atoms with Gasteiger partial charge < -0.3 is 5.32 Å². The highest BCUT2D eigenvalue weighted by Crippen LogP contribution is 2.33. The van der Waals surface area contributed by atoms with Gasteiger partial charge in [0.25, 0.3) is 5.91 Å². The van der Waals surface area contributed by atoms with Crippen molar-refractivity contribution in [1.29, 1.82) is 0 Å². The average Bonchev–Trinajstić information content (AvgIpc) is 3.20. The molecule has 0 aliphatic carbocycles. The van der Waals surface area contributed by atoms with E-state index in [4.69, 9.17) is 0 Å². The SMILES string of the molecule is Cc1nc(-c2ccc(C(F)(F)F)cc2)sc1C(=O)Nc1ccnn1CC(C)C. The highest BCUT2D eigenvalue weighted by Gasteiger charge is 2.30. The Morgan fingerprint density at radius 2 is 1.89 bits per heavy atom. The number of anilines is 1. The molecular formula is C19H19F3N4OS. The lowest BCUT2D eigenvalue weighted by Gasteiger charge is -2.10. The third-order valence-corrected chi connectivity index (χ3v) is 5.16. The number of nitrogens with zero attached hydrogens (tertiary/aromatic N) is 3. The summed E-state index contributed by atoms with van der Waals surface area (Å²) in [6.45, 7) is 6.47. The van der Waals surface area contributed by atoms with Crippen molar-refractivity contribution in [3.63, 3.8) is 0 Å². The molecule has 148 valence electrons. The van der Waals surface area contributed by atoms with Crippen molar-refractivity contribution in [3.05, 3.63) is 52.7 Å². The second-order valence-corrected chi connectivity index (χ2v) is 7.75. The quantitative estimate of drug-likeness (QED) is 0.628. The largest absolute Gasteiger partial charge is 0.416 e. The van der Waals surface area contributed by atoms with Gasteiger partial charge in [-0.25, -0.2) is 9.67 Å². The molecule has 28 heavy (non-hydrogen) atoms. The van der Waals surface area contributed by atoms with Gasteiger partial charge in [-0.3, -0.25) is 4.79 Å². The van der Waals surface area contributed by atoms with Crippen molar-refractivity contribution in [2.75, 3.05) is 5.32 Å². The van der Waals surface area contributed by atoms with E-state index in [1.807, 2.05) is 0 Å². The number of aryl methyl sites for hydroxylation is 1. The number of aromatic nitrogens is 3. The molecule has 0 spiro atoms. The fraction of sp³-hybridized carbons (Fsp3) is 0.316. The molecule has 1 N–H and O–H groups in total. The number of amides is 1. The number of alkyl halides is 3. The van der Waals surface area contributed by atoms with Crippen molar-refractivity contribution in [2.45, 2.75) is 33.5 Å². The Morgan fingerprint density at radius 3 is 2.50 bits per heavy atom. The molecular weight excluding hydrogens is 389 g/mol. The Hall–Kier alpha value is -2.68. The third-order valence-electron chi connectivity index (χ3n) is 3.96. The van der Waals surface area contributed by atoms with Gasteiger partial charge in [0.15, 0.2) is 0 Å². The van der Waals surface area contributed by atoms with Gasteiger partial charge in [-0.05, 0) is 25.0 Å². The number of rotatable bonds is 5.